The second-order valence-electron chi connectivity index (χ2n) is 4.36. The van der Waals surface area contributed by atoms with Crippen molar-refractivity contribution in [1.29, 1.82) is 0 Å². The van der Waals surface area contributed by atoms with Gasteiger partial charge in [0.05, 0.1) is 19.4 Å². The number of ether oxygens (including phenoxy) is 1. The lowest BCUT2D eigenvalue weighted by Crippen LogP contribution is -2.17. The molecule has 8 heteroatoms. The second-order valence-corrected chi connectivity index (χ2v) is 5.14. The average Bonchev–Trinajstić information content (AvgIpc) is 3.07. The van der Waals surface area contributed by atoms with Gasteiger partial charge in [0, 0.05) is 6.92 Å². The van der Waals surface area contributed by atoms with E-state index in [0.29, 0.717) is 17.5 Å². The van der Waals surface area contributed by atoms with E-state index in [0.717, 1.165) is 0 Å². The van der Waals surface area contributed by atoms with Gasteiger partial charge in [-0.15, -0.1) is 0 Å². The van der Waals surface area contributed by atoms with Crippen molar-refractivity contribution in [3.05, 3.63) is 29.9 Å². The zero-order chi connectivity index (χ0) is 16.1. The average molecular weight is 323 g/mol. The van der Waals surface area contributed by atoms with E-state index in [9.17, 15) is 9.59 Å². The van der Waals surface area contributed by atoms with Crippen LogP contribution in [0.2, 0.25) is 0 Å². The Kier molecular flexibility index (Phi) is 5.26. The molecule has 2 heterocycles. The number of hydrogen-bond acceptors (Lipinski definition) is 6. The summed E-state index contributed by atoms with van der Waals surface area (Å²) < 4.78 is 12.1. The molecule has 0 radical (unpaired) electrons. The maximum absolute atomic E-state index is 12.3. The summed E-state index contributed by atoms with van der Waals surface area (Å²) in [4.78, 5) is 27.9. The first-order chi connectivity index (χ1) is 10.6. The molecule has 0 bridgehead atoms. The lowest BCUT2D eigenvalue weighted by atomic mass is 10.3. The molecule has 0 atom stereocenters. The topological polar surface area (TPSA) is 86.4 Å². The van der Waals surface area contributed by atoms with Gasteiger partial charge in [0.1, 0.15) is 5.76 Å². The Morgan fingerprint density at radius 2 is 2.27 bits per heavy atom. The highest BCUT2D eigenvalue weighted by atomic mass is 32.2. The number of hydrogen-bond donors (Lipinski definition) is 1. The predicted octanol–water partition coefficient (Wildman–Crippen LogP) is 2.38. The molecule has 7 nitrogen and oxygen atoms in total. The number of anilines is 1. The Morgan fingerprint density at radius 1 is 1.50 bits per heavy atom. The first-order valence-corrected chi connectivity index (χ1v) is 7.90. The minimum Gasteiger partial charge on any atom is -0.467 e. The maximum Gasteiger partial charge on any atom is 0.358 e. The van der Waals surface area contributed by atoms with E-state index < -0.39 is 5.97 Å². The van der Waals surface area contributed by atoms with Crippen LogP contribution in [-0.4, -0.2) is 34.3 Å². The normalized spacial score (nSPS) is 10.5. The Bertz CT molecular complexity index is 664. The van der Waals surface area contributed by atoms with Crippen LogP contribution in [0.25, 0.3) is 0 Å². The maximum atomic E-state index is 12.3. The predicted molar refractivity (Wildman–Crippen MR) is 82.1 cm³/mol. The number of nitrogens with zero attached hydrogens (tertiary/aromatic N) is 2. The van der Waals surface area contributed by atoms with Gasteiger partial charge in [-0.2, -0.15) is 0 Å². The van der Waals surface area contributed by atoms with Crippen LogP contribution in [0.5, 0.6) is 0 Å². The highest BCUT2D eigenvalue weighted by Crippen LogP contribution is 2.26. The standard InChI is InChI=1S/C14H17N3O4S/c1-4-20-13(19)11-12(15-9(2)18)16-14(22-3)17(11)8-10-6-5-7-21-10/h5-7H,4,8H2,1-3H3,(H,15,18). The van der Waals surface area contributed by atoms with Gasteiger partial charge in [0.2, 0.25) is 5.91 Å². The van der Waals surface area contributed by atoms with Gasteiger partial charge < -0.3 is 19.0 Å². The molecule has 1 N–H and O–H groups in total. The second kappa shape index (κ2) is 7.17. The number of carbonyl (C=O) groups excluding carboxylic acids is 2. The van der Waals surface area contributed by atoms with Crippen molar-refractivity contribution in [3.63, 3.8) is 0 Å². The van der Waals surface area contributed by atoms with Crippen LogP contribution in [0.1, 0.15) is 30.1 Å². The molecule has 0 aromatic carbocycles. The summed E-state index contributed by atoms with van der Waals surface area (Å²) in [5.41, 5.74) is 0.206. The summed E-state index contributed by atoms with van der Waals surface area (Å²) in [6.45, 7) is 3.64. The minimum atomic E-state index is -0.536. The molecule has 1 amide bonds. The van der Waals surface area contributed by atoms with Gasteiger partial charge in [-0.05, 0) is 25.3 Å². The van der Waals surface area contributed by atoms with Crippen LogP contribution >= 0.6 is 11.8 Å². The number of amides is 1. The number of thioether (sulfide) groups is 1. The molecule has 0 saturated carbocycles. The fourth-order valence-corrected chi connectivity index (χ4v) is 2.51. The van der Waals surface area contributed by atoms with E-state index >= 15 is 0 Å². The molecule has 22 heavy (non-hydrogen) atoms. The summed E-state index contributed by atoms with van der Waals surface area (Å²) >= 11 is 1.37. The summed E-state index contributed by atoms with van der Waals surface area (Å²) in [6, 6.07) is 3.57. The first kappa shape index (κ1) is 16.2. The molecule has 2 aromatic heterocycles. The molecule has 2 aromatic rings. The highest BCUT2D eigenvalue weighted by Gasteiger charge is 2.25. The van der Waals surface area contributed by atoms with Crippen molar-refractivity contribution in [1.82, 2.24) is 9.55 Å². The Balaban J connectivity index is 2.49. The van der Waals surface area contributed by atoms with Gasteiger partial charge in [0.25, 0.3) is 0 Å². The van der Waals surface area contributed by atoms with E-state index in [1.165, 1.54) is 18.7 Å². The molecule has 0 fully saturated rings. The van der Waals surface area contributed by atoms with Crippen molar-refractivity contribution in [2.24, 2.45) is 0 Å². The highest BCUT2D eigenvalue weighted by molar-refractivity contribution is 7.98. The van der Waals surface area contributed by atoms with Gasteiger partial charge in [0.15, 0.2) is 16.7 Å². The van der Waals surface area contributed by atoms with E-state index in [1.807, 2.05) is 6.26 Å². The van der Waals surface area contributed by atoms with E-state index in [1.54, 1.807) is 29.9 Å². The Morgan fingerprint density at radius 3 is 2.82 bits per heavy atom. The fourth-order valence-electron chi connectivity index (χ4n) is 1.95. The minimum absolute atomic E-state index is 0.196. The van der Waals surface area contributed by atoms with Crippen LogP contribution < -0.4 is 5.32 Å². The van der Waals surface area contributed by atoms with E-state index in [-0.39, 0.29) is 24.0 Å². The van der Waals surface area contributed by atoms with Gasteiger partial charge in [-0.3, -0.25) is 4.79 Å². The molecule has 0 saturated heterocycles. The lowest BCUT2D eigenvalue weighted by Gasteiger charge is -2.09. The molecule has 0 unspecified atom stereocenters. The SMILES string of the molecule is CCOC(=O)c1c(NC(C)=O)nc(SC)n1Cc1ccco1. The number of esters is 1. The summed E-state index contributed by atoms with van der Waals surface area (Å²) in [5.74, 6) is 0.0286. The third-order valence-electron chi connectivity index (χ3n) is 2.77. The number of furan rings is 1. The number of imidazole rings is 1. The number of aromatic nitrogens is 2. The zero-order valence-electron chi connectivity index (χ0n) is 12.6. The molecule has 0 aliphatic carbocycles. The van der Waals surface area contributed by atoms with Crippen molar-refractivity contribution in [2.75, 3.05) is 18.2 Å². The molecular formula is C14H17N3O4S. The molecular weight excluding hydrogens is 306 g/mol. The Labute approximate surface area is 132 Å². The molecule has 118 valence electrons. The largest absolute Gasteiger partial charge is 0.467 e. The van der Waals surface area contributed by atoms with Crippen LogP contribution in [0, 0.1) is 0 Å². The molecule has 0 spiro atoms. The molecule has 0 aliphatic heterocycles. The Hall–Kier alpha value is -2.22. The van der Waals surface area contributed by atoms with Gasteiger partial charge >= 0.3 is 5.97 Å². The van der Waals surface area contributed by atoms with Crippen molar-refractivity contribution in [2.45, 2.75) is 25.5 Å². The third-order valence-corrected chi connectivity index (χ3v) is 3.45. The summed E-state index contributed by atoms with van der Waals surface area (Å²) in [5, 5.41) is 3.16. The van der Waals surface area contributed by atoms with Crippen molar-refractivity contribution >= 4 is 29.5 Å². The monoisotopic (exact) mass is 323 g/mol. The van der Waals surface area contributed by atoms with Crippen molar-refractivity contribution in [3.8, 4) is 0 Å². The summed E-state index contributed by atoms with van der Waals surface area (Å²) in [7, 11) is 0. The van der Waals surface area contributed by atoms with E-state index in [4.69, 9.17) is 9.15 Å². The summed E-state index contributed by atoms with van der Waals surface area (Å²) in [6.07, 6.45) is 3.40. The fraction of sp³-hybridized carbons (Fsp3) is 0.357. The van der Waals surface area contributed by atoms with E-state index in [2.05, 4.69) is 10.3 Å². The zero-order valence-corrected chi connectivity index (χ0v) is 13.4. The number of nitrogens with one attached hydrogen (secondary N) is 1. The smallest absolute Gasteiger partial charge is 0.358 e. The molecule has 2 rings (SSSR count). The molecule has 0 aliphatic rings. The first-order valence-electron chi connectivity index (χ1n) is 6.68. The van der Waals surface area contributed by atoms with Gasteiger partial charge in [-0.25, -0.2) is 9.78 Å². The lowest BCUT2D eigenvalue weighted by molar-refractivity contribution is -0.114. The van der Waals surface area contributed by atoms with Crippen LogP contribution in [0.3, 0.4) is 0 Å². The number of rotatable bonds is 6. The third kappa shape index (κ3) is 3.51. The van der Waals surface area contributed by atoms with Crippen LogP contribution in [-0.2, 0) is 16.1 Å². The van der Waals surface area contributed by atoms with Crippen LogP contribution in [0.4, 0.5) is 5.82 Å². The number of carbonyl (C=O) groups is 2. The van der Waals surface area contributed by atoms with Crippen LogP contribution in [0.15, 0.2) is 28.0 Å². The van der Waals surface area contributed by atoms with Gasteiger partial charge in [-0.1, -0.05) is 11.8 Å². The quantitative estimate of drug-likeness (QED) is 0.649. The van der Waals surface area contributed by atoms with Crippen molar-refractivity contribution < 1.29 is 18.7 Å².